The zero-order valence-corrected chi connectivity index (χ0v) is 12.6. The molecule has 1 aromatic carbocycles. The van der Waals surface area contributed by atoms with Crippen molar-refractivity contribution >= 4 is 29.1 Å². The smallest absolute Gasteiger partial charge is 0.281 e. The molecule has 0 aliphatic rings. The number of anilines is 1. The largest absolute Gasteiger partial charge is 0.378 e. The van der Waals surface area contributed by atoms with E-state index < -0.39 is 0 Å². The number of amides is 1. The average Bonchev–Trinajstić information content (AvgIpc) is 2.86. The molecular formula is C15H17N3OS. The third-order valence-electron chi connectivity index (χ3n) is 2.75. The lowest BCUT2D eigenvalue weighted by Gasteiger charge is -2.11. The van der Waals surface area contributed by atoms with Crippen molar-refractivity contribution < 1.29 is 4.79 Å². The fourth-order valence-electron chi connectivity index (χ4n) is 1.64. The molecule has 0 fully saturated rings. The Balaban J connectivity index is 1.94. The summed E-state index contributed by atoms with van der Waals surface area (Å²) in [5, 5.41) is 3.97. The van der Waals surface area contributed by atoms with E-state index in [1.165, 1.54) is 11.3 Å². The lowest BCUT2D eigenvalue weighted by molar-refractivity contribution is 0.0959. The van der Waals surface area contributed by atoms with Gasteiger partial charge in [0.15, 0.2) is 0 Å². The van der Waals surface area contributed by atoms with Crippen LogP contribution in [-0.4, -0.2) is 26.2 Å². The molecule has 1 amide bonds. The van der Waals surface area contributed by atoms with Gasteiger partial charge < -0.3 is 4.90 Å². The summed E-state index contributed by atoms with van der Waals surface area (Å²) in [6, 6.07) is 11.7. The Morgan fingerprint density at radius 3 is 2.45 bits per heavy atom. The highest BCUT2D eigenvalue weighted by atomic mass is 32.1. The van der Waals surface area contributed by atoms with Crippen LogP contribution in [-0.2, 0) is 0 Å². The molecule has 20 heavy (non-hydrogen) atoms. The molecule has 0 saturated heterocycles. The minimum Gasteiger partial charge on any atom is -0.378 e. The van der Waals surface area contributed by atoms with Gasteiger partial charge in [-0.3, -0.25) is 4.79 Å². The molecule has 0 radical (unpaired) electrons. The van der Waals surface area contributed by atoms with Crippen molar-refractivity contribution in [3.8, 4) is 0 Å². The number of aryl methyl sites for hydroxylation is 1. The van der Waals surface area contributed by atoms with E-state index in [-0.39, 0.29) is 5.91 Å². The second-order valence-electron chi connectivity index (χ2n) is 4.60. The SMILES string of the molecule is Cc1ccc(C(=O)N/N=C/c2ccc(N(C)C)cc2)s1. The van der Waals surface area contributed by atoms with Crippen LogP contribution in [0, 0.1) is 6.92 Å². The second-order valence-corrected chi connectivity index (χ2v) is 5.88. The Morgan fingerprint density at radius 2 is 1.90 bits per heavy atom. The molecule has 4 nitrogen and oxygen atoms in total. The lowest BCUT2D eigenvalue weighted by atomic mass is 10.2. The fraction of sp³-hybridized carbons (Fsp3) is 0.200. The van der Waals surface area contributed by atoms with Crippen molar-refractivity contribution in [2.75, 3.05) is 19.0 Å². The number of rotatable bonds is 4. The summed E-state index contributed by atoms with van der Waals surface area (Å²) in [5.41, 5.74) is 4.60. The molecule has 0 aliphatic carbocycles. The van der Waals surface area contributed by atoms with Crippen LogP contribution in [0.5, 0.6) is 0 Å². The van der Waals surface area contributed by atoms with Gasteiger partial charge in [-0.2, -0.15) is 5.10 Å². The summed E-state index contributed by atoms with van der Waals surface area (Å²) in [7, 11) is 3.98. The van der Waals surface area contributed by atoms with E-state index in [0.29, 0.717) is 4.88 Å². The summed E-state index contributed by atoms with van der Waals surface area (Å²) in [6.07, 6.45) is 1.64. The fourth-order valence-corrected chi connectivity index (χ4v) is 2.39. The molecule has 1 N–H and O–H groups in total. The van der Waals surface area contributed by atoms with Gasteiger partial charge in [-0.25, -0.2) is 5.43 Å². The highest BCUT2D eigenvalue weighted by molar-refractivity contribution is 7.13. The highest BCUT2D eigenvalue weighted by Gasteiger charge is 2.05. The van der Waals surface area contributed by atoms with Crippen molar-refractivity contribution in [2.45, 2.75) is 6.92 Å². The zero-order chi connectivity index (χ0) is 14.5. The van der Waals surface area contributed by atoms with Crippen LogP contribution in [0.4, 0.5) is 5.69 Å². The maximum atomic E-state index is 11.8. The number of nitrogens with one attached hydrogen (secondary N) is 1. The number of carbonyl (C=O) groups is 1. The Morgan fingerprint density at radius 1 is 1.20 bits per heavy atom. The average molecular weight is 287 g/mol. The third-order valence-corrected chi connectivity index (χ3v) is 3.75. The third kappa shape index (κ3) is 3.68. The predicted octanol–water partition coefficient (Wildman–Crippen LogP) is 2.89. The van der Waals surface area contributed by atoms with Crippen LogP contribution >= 0.6 is 11.3 Å². The minimum absolute atomic E-state index is 0.177. The number of carbonyl (C=O) groups excluding carboxylic acids is 1. The van der Waals surface area contributed by atoms with Crippen LogP contribution in [0.2, 0.25) is 0 Å². The first kappa shape index (κ1) is 14.3. The quantitative estimate of drug-likeness (QED) is 0.694. The predicted molar refractivity (Wildman–Crippen MR) is 84.9 cm³/mol. The maximum absolute atomic E-state index is 11.8. The van der Waals surface area contributed by atoms with Gasteiger partial charge in [0.2, 0.25) is 0 Å². The van der Waals surface area contributed by atoms with Gasteiger partial charge >= 0.3 is 0 Å². The normalized spacial score (nSPS) is 10.8. The van der Waals surface area contributed by atoms with Gasteiger partial charge in [0.1, 0.15) is 0 Å². The lowest BCUT2D eigenvalue weighted by Crippen LogP contribution is -2.16. The van der Waals surface area contributed by atoms with Crippen LogP contribution in [0.3, 0.4) is 0 Å². The molecule has 0 spiro atoms. The van der Waals surface area contributed by atoms with E-state index in [4.69, 9.17) is 0 Å². The number of benzene rings is 1. The number of thiophene rings is 1. The Labute approximate surface area is 122 Å². The van der Waals surface area contributed by atoms with Crippen LogP contribution in [0.25, 0.3) is 0 Å². The number of hydrazone groups is 1. The topological polar surface area (TPSA) is 44.7 Å². The van der Waals surface area contributed by atoms with Crippen LogP contribution < -0.4 is 10.3 Å². The Bertz CT molecular complexity index is 614. The number of nitrogens with zero attached hydrogens (tertiary/aromatic N) is 2. The molecule has 0 atom stereocenters. The molecule has 2 aromatic rings. The second kappa shape index (κ2) is 6.34. The molecule has 0 bridgehead atoms. The summed E-state index contributed by atoms with van der Waals surface area (Å²) in [6.45, 7) is 1.97. The van der Waals surface area contributed by atoms with Gasteiger partial charge in [0.25, 0.3) is 5.91 Å². The van der Waals surface area contributed by atoms with E-state index in [2.05, 4.69) is 10.5 Å². The first-order valence-electron chi connectivity index (χ1n) is 6.23. The van der Waals surface area contributed by atoms with Gasteiger partial charge in [0.05, 0.1) is 11.1 Å². The molecule has 0 saturated carbocycles. The Hall–Kier alpha value is -2.14. The molecular weight excluding hydrogens is 270 g/mol. The van der Waals surface area contributed by atoms with Gasteiger partial charge in [-0.15, -0.1) is 11.3 Å². The monoisotopic (exact) mass is 287 g/mol. The molecule has 2 rings (SSSR count). The molecule has 1 aromatic heterocycles. The summed E-state index contributed by atoms with van der Waals surface area (Å²) in [4.78, 5) is 15.6. The first-order valence-corrected chi connectivity index (χ1v) is 7.05. The van der Waals surface area contributed by atoms with E-state index >= 15 is 0 Å². The van der Waals surface area contributed by atoms with Crippen LogP contribution in [0.15, 0.2) is 41.5 Å². The van der Waals surface area contributed by atoms with Crippen molar-refractivity contribution in [2.24, 2.45) is 5.10 Å². The standard InChI is InChI=1S/C15H17N3OS/c1-11-4-9-14(20-11)15(19)17-16-10-12-5-7-13(8-6-12)18(2)3/h4-10H,1-3H3,(H,17,19)/b16-10+. The molecule has 5 heteroatoms. The van der Waals surface area contributed by atoms with Crippen LogP contribution in [0.1, 0.15) is 20.1 Å². The van der Waals surface area contributed by atoms with Crippen molar-refractivity contribution in [3.05, 3.63) is 51.7 Å². The van der Waals surface area contributed by atoms with Gasteiger partial charge in [-0.05, 0) is 36.8 Å². The van der Waals surface area contributed by atoms with E-state index in [0.717, 1.165) is 16.1 Å². The molecule has 1 heterocycles. The van der Waals surface area contributed by atoms with E-state index in [1.807, 2.05) is 56.3 Å². The summed E-state index contributed by atoms with van der Waals surface area (Å²) < 4.78 is 0. The zero-order valence-electron chi connectivity index (χ0n) is 11.8. The van der Waals surface area contributed by atoms with E-state index in [9.17, 15) is 4.79 Å². The first-order chi connectivity index (χ1) is 9.56. The molecule has 0 unspecified atom stereocenters. The van der Waals surface area contributed by atoms with Crippen molar-refractivity contribution in [1.82, 2.24) is 5.43 Å². The van der Waals surface area contributed by atoms with Gasteiger partial charge in [0, 0.05) is 24.7 Å². The van der Waals surface area contributed by atoms with E-state index in [1.54, 1.807) is 12.3 Å². The molecule has 0 aliphatic heterocycles. The minimum atomic E-state index is -0.177. The van der Waals surface area contributed by atoms with Crippen molar-refractivity contribution in [3.63, 3.8) is 0 Å². The maximum Gasteiger partial charge on any atom is 0.281 e. The van der Waals surface area contributed by atoms with Crippen molar-refractivity contribution in [1.29, 1.82) is 0 Å². The molecule has 104 valence electrons. The number of hydrogen-bond acceptors (Lipinski definition) is 4. The Kier molecular flexibility index (Phi) is 4.53. The summed E-state index contributed by atoms with van der Waals surface area (Å²) in [5.74, 6) is -0.177. The summed E-state index contributed by atoms with van der Waals surface area (Å²) >= 11 is 1.46. The number of hydrogen-bond donors (Lipinski definition) is 1. The van der Waals surface area contributed by atoms with Gasteiger partial charge in [-0.1, -0.05) is 12.1 Å². The highest BCUT2D eigenvalue weighted by Crippen LogP contribution is 2.14.